The number of carbonyl (C=O) groups is 1. The maximum atomic E-state index is 12.3. The summed E-state index contributed by atoms with van der Waals surface area (Å²) in [5, 5.41) is 15.3. The van der Waals surface area contributed by atoms with E-state index in [0.29, 0.717) is 19.2 Å². The Hall–Kier alpha value is -0.690. The van der Waals surface area contributed by atoms with Crippen LogP contribution in [0.2, 0.25) is 0 Å². The summed E-state index contributed by atoms with van der Waals surface area (Å²) in [6, 6.07) is 0.341. The third-order valence-electron chi connectivity index (χ3n) is 3.84. The number of hydrogen-bond donors (Lipinski definition) is 3. The van der Waals surface area contributed by atoms with Gasteiger partial charge in [-0.2, -0.15) is 0 Å². The Kier molecular flexibility index (Phi) is 5.57. The Morgan fingerprint density at radius 2 is 2.05 bits per heavy atom. The van der Waals surface area contributed by atoms with Crippen molar-refractivity contribution in [1.29, 1.82) is 0 Å². The van der Waals surface area contributed by atoms with Gasteiger partial charge in [0.25, 0.3) is 0 Å². The molecule has 2 heterocycles. The molecule has 2 fully saturated rings. The quantitative estimate of drug-likeness (QED) is 0.607. The number of piperazine rings is 1. The molecule has 2 saturated heterocycles. The maximum Gasteiger partial charge on any atom is 0.241 e. The van der Waals surface area contributed by atoms with Gasteiger partial charge in [-0.15, -0.1) is 0 Å². The predicted molar refractivity (Wildman–Crippen MR) is 71.9 cm³/mol. The summed E-state index contributed by atoms with van der Waals surface area (Å²) in [7, 11) is 0. The van der Waals surface area contributed by atoms with Crippen molar-refractivity contribution in [2.45, 2.75) is 38.0 Å². The lowest BCUT2D eigenvalue weighted by Gasteiger charge is -2.36. The topological polar surface area (TPSA) is 73.8 Å². The van der Waals surface area contributed by atoms with E-state index in [4.69, 9.17) is 9.84 Å². The van der Waals surface area contributed by atoms with Gasteiger partial charge >= 0.3 is 0 Å². The second-order valence-corrected chi connectivity index (χ2v) is 5.39. The summed E-state index contributed by atoms with van der Waals surface area (Å²) >= 11 is 0. The molecule has 2 unspecified atom stereocenters. The van der Waals surface area contributed by atoms with Gasteiger partial charge in [-0.1, -0.05) is 0 Å². The predicted octanol–water partition coefficient (Wildman–Crippen LogP) is -1.06. The monoisotopic (exact) mass is 271 g/mol. The maximum absolute atomic E-state index is 12.3. The molecule has 2 atom stereocenters. The van der Waals surface area contributed by atoms with Crippen LogP contribution in [0.4, 0.5) is 0 Å². The minimum Gasteiger partial charge on any atom is -0.394 e. The molecule has 2 rings (SSSR count). The highest BCUT2D eigenvalue weighted by Gasteiger charge is 2.30. The SMILES string of the molecule is CC1CNC(C(=O)N2CCC(OCCO)CC2)CN1. The second kappa shape index (κ2) is 7.19. The first-order valence-corrected chi connectivity index (χ1v) is 7.18. The summed E-state index contributed by atoms with van der Waals surface area (Å²) in [6.07, 6.45) is 1.92. The van der Waals surface area contributed by atoms with E-state index in [0.717, 1.165) is 32.5 Å². The molecule has 0 aromatic carbocycles. The number of nitrogens with zero attached hydrogens (tertiary/aromatic N) is 1. The first kappa shape index (κ1) is 14.7. The molecule has 2 aliphatic rings. The van der Waals surface area contributed by atoms with E-state index >= 15 is 0 Å². The zero-order valence-electron chi connectivity index (χ0n) is 11.6. The Balaban J connectivity index is 1.73. The van der Waals surface area contributed by atoms with Crippen molar-refractivity contribution < 1.29 is 14.6 Å². The van der Waals surface area contributed by atoms with Crippen LogP contribution in [0.5, 0.6) is 0 Å². The third kappa shape index (κ3) is 4.14. The molecule has 0 bridgehead atoms. The number of carbonyl (C=O) groups excluding carboxylic acids is 1. The van der Waals surface area contributed by atoms with Crippen molar-refractivity contribution in [1.82, 2.24) is 15.5 Å². The molecule has 3 N–H and O–H groups in total. The highest BCUT2D eigenvalue weighted by atomic mass is 16.5. The van der Waals surface area contributed by atoms with Crippen LogP contribution in [0.15, 0.2) is 0 Å². The number of nitrogens with one attached hydrogen (secondary N) is 2. The first-order valence-electron chi connectivity index (χ1n) is 7.18. The third-order valence-corrected chi connectivity index (χ3v) is 3.84. The Morgan fingerprint density at radius 3 is 2.63 bits per heavy atom. The molecule has 2 aliphatic heterocycles. The number of aliphatic hydroxyl groups is 1. The van der Waals surface area contributed by atoms with Crippen molar-refractivity contribution in [3.8, 4) is 0 Å². The van der Waals surface area contributed by atoms with E-state index in [1.165, 1.54) is 0 Å². The van der Waals surface area contributed by atoms with Crippen LogP contribution in [0.1, 0.15) is 19.8 Å². The van der Waals surface area contributed by atoms with Crippen molar-refractivity contribution >= 4 is 5.91 Å². The van der Waals surface area contributed by atoms with Gasteiger partial charge in [0, 0.05) is 32.2 Å². The summed E-state index contributed by atoms with van der Waals surface area (Å²) in [4.78, 5) is 14.2. The number of rotatable bonds is 4. The highest BCUT2D eigenvalue weighted by Crippen LogP contribution is 2.14. The number of aliphatic hydroxyl groups excluding tert-OH is 1. The van der Waals surface area contributed by atoms with Gasteiger partial charge in [0.1, 0.15) is 0 Å². The summed E-state index contributed by atoms with van der Waals surface area (Å²) in [5.74, 6) is 0.194. The molecule has 0 spiro atoms. The van der Waals surface area contributed by atoms with Gasteiger partial charge in [-0.3, -0.25) is 4.79 Å². The number of amides is 1. The van der Waals surface area contributed by atoms with E-state index < -0.39 is 0 Å². The van der Waals surface area contributed by atoms with Crippen molar-refractivity contribution in [2.24, 2.45) is 0 Å². The number of likely N-dealkylation sites (tertiary alicyclic amines) is 1. The fourth-order valence-corrected chi connectivity index (χ4v) is 2.64. The van der Waals surface area contributed by atoms with Crippen LogP contribution in [0, 0.1) is 0 Å². The van der Waals surface area contributed by atoms with Gasteiger partial charge in [0.2, 0.25) is 5.91 Å². The zero-order chi connectivity index (χ0) is 13.7. The molecular weight excluding hydrogens is 246 g/mol. The van der Waals surface area contributed by atoms with Gasteiger partial charge < -0.3 is 25.4 Å². The lowest BCUT2D eigenvalue weighted by atomic mass is 10.1. The normalized spacial score (nSPS) is 29.5. The summed E-state index contributed by atoms with van der Waals surface area (Å²) < 4.78 is 5.50. The number of piperidine rings is 1. The van der Waals surface area contributed by atoms with E-state index in [1.807, 2.05) is 4.90 Å². The van der Waals surface area contributed by atoms with Gasteiger partial charge in [0.05, 0.1) is 25.4 Å². The van der Waals surface area contributed by atoms with Crippen LogP contribution < -0.4 is 10.6 Å². The number of hydrogen-bond acceptors (Lipinski definition) is 5. The molecule has 0 saturated carbocycles. The van der Waals surface area contributed by atoms with Crippen LogP contribution in [-0.4, -0.2) is 73.5 Å². The summed E-state index contributed by atoms with van der Waals surface area (Å²) in [5.41, 5.74) is 0. The van der Waals surface area contributed by atoms with E-state index in [1.54, 1.807) is 0 Å². The first-order chi connectivity index (χ1) is 9.20. The second-order valence-electron chi connectivity index (χ2n) is 5.39. The minimum atomic E-state index is -0.0916. The van der Waals surface area contributed by atoms with Crippen molar-refractivity contribution in [3.05, 3.63) is 0 Å². The average Bonchev–Trinajstić information content (AvgIpc) is 2.46. The highest BCUT2D eigenvalue weighted by molar-refractivity contribution is 5.82. The van der Waals surface area contributed by atoms with Crippen LogP contribution in [0.3, 0.4) is 0 Å². The Labute approximate surface area is 114 Å². The molecule has 6 nitrogen and oxygen atoms in total. The molecule has 0 aromatic rings. The lowest BCUT2D eigenvalue weighted by molar-refractivity contribution is -0.136. The van der Waals surface area contributed by atoms with E-state index in [2.05, 4.69) is 17.6 Å². The molecule has 0 aliphatic carbocycles. The van der Waals surface area contributed by atoms with E-state index in [9.17, 15) is 4.79 Å². The zero-order valence-corrected chi connectivity index (χ0v) is 11.6. The molecule has 110 valence electrons. The fraction of sp³-hybridized carbons (Fsp3) is 0.923. The molecule has 0 radical (unpaired) electrons. The lowest BCUT2D eigenvalue weighted by Crippen LogP contribution is -2.60. The van der Waals surface area contributed by atoms with Crippen LogP contribution in [-0.2, 0) is 9.53 Å². The van der Waals surface area contributed by atoms with Crippen LogP contribution >= 0.6 is 0 Å². The fourth-order valence-electron chi connectivity index (χ4n) is 2.64. The van der Waals surface area contributed by atoms with Gasteiger partial charge in [0.15, 0.2) is 0 Å². The Morgan fingerprint density at radius 1 is 1.32 bits per heavy atom. The van der Waals surface area contributed by atoms with Gasteiger partial charge in [-0.05, 0) is 19.8 Å². The largest absolute Gasteiger partial charge is 0.394 e. The number of ether oxygens (including phenoxy) is 1. The minimum absolute atomic E-state index is 0.0645. The van der Waals surface area contributed by atoms with Crippen molar-refractivity contribution in [2.75, 3.05) is 39.4 Å². The molecule has 19 heavy (non-hydrogen) atoms. The molecule has 0 aromatic heterocycles. The smallest absolute Gasteiger partial charge is 0.241 e. The average molecular weight is 271 g/mol. The standard InChI is InChI=1S/C13H25N3O3/c1-10-8-15-12(9-14-10)13(18)16-4-2-11(3-5-16)19-7-6-17/h10-12,14-15,17H,2-9H2,1H3. The Bertz CT molecular complexity index is 285. The molecule has 1 amide bonds. The molecule has 6 heteroatoms. The summed E-state index contributed by atoms with van der Waals surface area (Å²) in [6.45, 7) is 5.62. The molecular formula is C13H25N3O3. The van der Waals surface area contributed by atoms with Gasteiger partial charge in [-0.25, -0.2) is 0 Å². The van der Waals surface area contributed by atoms with Crippen molar-refractivity contribution in [3.63, 3.8) is 0 Å². The van der Waals surface area contributed by atoms with E-state index in [-0.39, 0.29) is 24.7 Å². The van der Waals surface area contributed by atoms with Crippen LogP contribution in [0.25, 0.3) is 0 Å².